The number of hydrogen-bond donors (Lipinski definition) is 1. The van der Waals surface area contributed by atoms with Crippen LogP contribution in [-0.2, 0) is 4.74 Å². The zero-order valence-electron chi connectivity index (χ0n) is 17.1. The average molecular weight is 401 g/mol. The van der Waals surface area contributed by atoms with E-state index in [1.807, 2.05) is 50.3 Å². The molecule has 1 amide bonds. The van der Waals surface area contributed by atoms with Gasteiger partial charge in [0.1, 0.15) is 12.4 Å². The molecule has 0 bridgehead atoms. The molecule has 4 heteroatoms. The average Bonchev–Trinajstić information content (AvgIpc) is 3.05. The number of aryl methyl sites for hydroxylation is 2. The minimum Gasteiger partial charge on any atom is -0.449 e. The lowest BCUT2D eigenvalue weighted by Crippen LogP contribution is -2.26. The summed E-state index contributed by atoms with van der Waals surface area (Å²) < 4.78 is 18.9. The van der Waals surface area contributed by atoms with E-state index in [2.05, 4.69) is 29.6 Å². The van der Waals surface area contributed by atoms with E-state index in [0.29, 0.717) is 13.2 Å². The van der Waals surface area contributed by atoms with Gasteiger partial charge in [0.15, 0.2) is 0 Å². The number of benzene rings is 3. The molecule has 0 heterocycles. The Morgan fingerprint density at radius 2 is 1.57 bits per heavy atom. The monoisotopic (exact) mass is 401 g/mol. The Hall–Kier alpha value is -3.40. The van der Waals surface area contributed by atoms with E-state index >= 15 is 0 Å². The molecule has 1 N–H and O–H groups in total. The predicted molar refractivity (Wildman–Crippen MR) is 118 cm³/mol. The van der Waals surface area contributed by atoms with Crippen LogP contribution in [-0.4, -0.2) is 19.2 Å². The smallest absolute Gasteiger partial charge is 0.407 e. The van der Waals surface area contributed by atoms with Gasteiger partial charge in [0.05, 0.1) is 0 Å². The maximum Gasteiger partial charge on any atom is 0.407 e. The molecule has 0 fully saturated rings. The highest BCUT2D eigenvalue weighted by Gasteiger charge is 2.28. The van der Waals surface area contributed by atoms with Crippen molar-refractivity contribution in [3.8, 4) is 11.1 Å². The van der Waals surface area contributed by atoms with Gasteiger partial charge in [-0.05, 0) is 64.9 Å². The third-order valence-corrected chi connectivity index (χ3v) is 5.55. The van der Waals surface area contributed by atoms with Gasteiger partial charge in [0.25, 0.3) is 0 Å². The predicted octanol–water partition coefficient (Wildman–Crippen LogP) is 5.99. The van der Waals surface area contributed by atoms with Crippen LogP contribution in [0.3, 0.4) is 0 Å². The van der Waals surface area contributed by atoms with E-state index in [4.69, 9.17) is 4.74 Å². The van der Waals surface area contributed by atoms with E-state index in [-0.39, 0.29) is 11.7 Å². The first-order valence-electron chi connectivity index (χ1n) is 10.1. The summed E-state index contributed by atoms with van der Waals surface area (Å²) in [5.74, 6) is -0.192. The number of fused-ring (bicyclic) bond motifs is 3. The van der Waals surface area contributed by atoms with Gasteiger partial charge in [-0.2, -0.15) is 0 Å². The van der Waals surface area contributed by atoms with Crippen LogP contribution in [0.2, 0.25) is 0 Å². The molecule has 0 aromatic heterocycles. The number of hydrogen-bond acceptors (Lipinski definition) is 2. The summed E-state index contributed by atoms with van der Waals surface area (Å²) in [7, 11) is 0. The van der Waals surface area contributed by atoms with Gasteiger partial charge < -0.3 is 10.1 Å². The van der Waals surface area contributed by atoms with Crippen molar-refractivity contribution in [2.24, 2.45) is 0 Å². The topological polar surface area (TPSA) is 38.3 Å². The van der Waals surface area contributed by atoms with E-state index in [9.17, 15) is 9.18 Å². The molecule has 0 aliphatic heterocycles. The highest BCUT2D eigenvalue weighted by Crippen LogP contribution is 2.44. The Bertz CT molecular complexity index is 1050. The fraction of sp³-hybridized carbons (Fsp3) is 0.192. The normalized spacial score (nSPS) is 12.6. The molecule has 0 atom stereocenters. The van der Waals surface area contributed by atoms with Gasteiger partial charge in [-0.25, -0.2) is 9.18 Å². The van der Waals surface area contributed by atoms with Gasteiger partial charge in [0.2, 0.25) is 0 Å². The first-order chi connectivity index (χ1) is 14.5. The van der Waals surface area contributed by atoms with E-state index in [1.54, 1.807) is 0 Å². The molecular weight excluding hydrogens is 377 g/mol. The minimum absolute atomic E-state index is 0.0446. The lowest BCUT2D eigenvalue weighted by molar-refractivity contribution is 0.144. The summed E-state index contributed by atoms with van der Waals surface area (Å²) in [5.41, 5.74) is 7.48. The Kier molecular flexibility index (Phi) is 5.66. The Balaban J connectivity index is 1.35. The fourth-order valence-corrected chi connectivity index (χ4v) is 4.15. The van der Waals surface area contributed by atoms with Gasteiger partial charge in [-0.3, -0.25) is 0 Å². The van der Waals surface area contributed by atoms with Gasteiger partial charge in [-0.15, -0.1) is 0 Å². The van der Waals surface area contributed by atoms with Crippen LogP contribution < -0.4 is 5.32 Å². The molecule has 0 radical (unpaired) electrons. The van der Waals surface area contributed by atoms with Crippen LogP contribution in [0.15, 0.2) is 66.7 Å². The third-order valence-electron chi connectivity index (χ3n) is 5.55. The maximum atomic E-state index is 13.4. The summed E-state index contributed by atoms with van der Waals surface area (Å²) in [6.07, 6.45) is 3.29. The van der Waals surface area contributed by atoms with Crippen molar-refractivity contribution < 1.29 is 13.9 Å². The molecule has 1 aliphatic carbocycles. The van der Waals surface area contributed by atoms with Crippen molar-refractivity contribution in [1.29, 1.82) is 0 Å². The number of ether oxygens (including phenoxy) is 1. The number of halogens is 1. The Labute approximate surface area is 176 Å². The second kappa shape index (κ2) is 8.54. The molecule has 0 unspecified atom stereocenters. The second-order valence-electron chi connectivity index (χ2n) is 7.56. The maximum absolute atomic E-state index is 13.4. The summed E-state index contributed by atoms with van der Waals surface area (Å²) in [4.78, 5) is 12.2. The van der Waals surface area contributed by atoms with E-state index < -0.39 is 6.09 Å². The summed E-state index contributed by atoms with van der Waals surface area (Å²) in [6.45, 7) is 4.37. The molecule has 152 valence electrons. The van der Waals surface area contributed by atoms with Crippen molar-refractivity contribution >= 4 is 12.2 Å². The van der Waals surface area contributed by atoms with Crippen molar-refractivity contribution in [1.82, 2.24) is 5.32 Å². The molecule has 0 spiro atoms. The molecule has 0 saturated heterocycles. The second-order valence-corrected chi connectivity index (χ2v) is 7.56. The van der Waals surface area contributed by atoms with Crippen molar-refractivity contribution in [2.75, 3.05) is 13.2 Å². The number of rotatable bonds is 5. The zero-order valence-corrected chi connectivity index (χ0v) is 17.1. The number of carbonyl (C=O) groups is 1. The molecule has 3 nitrogen and oxygen atoms in total. The molecule has 4 rings (SSSR count). The first-order valence-corrected chi connectivity index (χ1v) is 10.1. The Morgan fingerprint density at radius 3 is 2.17 bits per heavy atom. The SMILES string of the molecule is Cc1cc(F)cc(C)c1C=CCNC(=O)OCC1c2ccccc2-c2ccccc21. The number of carbonyl (C=O) groups excluding carboxylic acids is 1. The van der Waals surface area contributed by atoms with Crippen LogP contribution in [0.1, 0.15) is 33.7 Å². The number of alkyl carbamates (subject to hydrolysis) is 1. The standard InChI is InChI=1S/C26H24FNO2/c1-17-14-19(27)15-18(2)20(17)12-7-13-28-26(29)30-16-25-23-10-5-3-8-21(23)22-9-4-6-11-24(22)25/h3-12,14-15,25H,13,16H2,1-2H3,(H,28,29). The minimum atomic E-state index is -0.450. The van der Waals surface area contributed by atoms with Crippen molar-refractivity contribution in [3.05, 3.63) is 100 Å². The van der Waals surface area contributed by atoms with Crippen molar-refractivity contribution in [2.45, 2.75) is 19.8 Å². The Morgan fingerprint density at radius 1 is 1.00 bits per heavy atom. The van der Waals surface area contributed by atoms with E-state index in [0.717, 1.165) is 16.7 Å². The molecule has 3 aromatic rings. The first kappa shape index (κ1) is 19.9. The summed E-state index contributed by atoms with van der Waals surface area (Å²) in [5, 5.41) is 2.75. The molecule has 1 aliphatic rings. The largest absolute Gasteiger partial charge is 0.449 e. The molecular formula is C26H24FNO2. The van der Waals surface area contributed by atoms with Crippen LogP contribution in [0.25, 0.3) is 17.2 Å². The van der Waals surface area contributed by atoms with Gasteiger partial charge in [0, 0.05) is 12.5 Å². The highest BCUT2D eigenvalue weighted by atomic mass is 19.1. The molecule has 30 heavy (non-hydrogen) atoms. The zero-order chi connectivity index (χ0) is 21.1. The van der Waals surface area contributed by atoms with Crippen LogP contribution in [0.5, 0.6) is 0 Å². The lowest BCUT2D eigenvalue weighted by Gasteiger charge is -2.14. The van der Waals surface area contributed by atoms with Crippen LogP contribution in [0, 0.1) is 19.7 Å². The third kappa shape index (κ3) is 3.99. The molecule has 0 saturated carbocycles. The fourth-order valence-electron chi connectivity index (χ4n) is 4.15. The highest BCUT2D eigenvalue weighted by molar-refractivity contribution is 5.79. The van der Waals surface area contributed by atoms with Crippen molar-refractivity contribution in [3.63, 3.8) is 0 Å². The summed E-state index contributed by atoms with van der Waals surface area (Å²) in [6, 6.07) is 19.5. The summed E-state index contributed by atoms with van der Waals surface area (Å²) >= 11 is 0. The lowest BCUT2D eigenvalue weighted by atomic mass is 9.98. The number of amides is 1. The molecule has 3 aromatic carbocycles. The quantitative estimate of drug-likeness (QED) is 0.570. The van der Waals surface area contributed by atoms with Crippen LogP contribution >= 0.6 is 0 Å². The van der Waals surface area contributed by atoms with Crippen LogP contribution in [0.4, 0.5) is 9.18 Å². The van der Waals surface area contributed by atoms with Gasteiger partial charge >= 0.3 is 6.09 Å². The van der Waals surface area contributed by atoms with Gasteiger partial charge in [-0.1, -0.05) is 60.7 Å². The van der Waals surface area contributed by atoms with E-state index in [1.165, 1.54) is 34.4 Å². The number of nitrogens with one attached hydrogen (secondary N) is 1.